The third-order valence-electron chi connectivity index (χ3n) is 0.355. The summed E-state index contributed by atoms with van der Waals surface area (Å²) in [7, 11) is 0. The van der Waals surface area contributed by atoms with Crippen molar-refractivity contribution in [3.05, 3.63) is 19.1 Å². The number of hydrogen-bond donors (Lipinski definition) is 0. The molecular formula is C6H7CuO4-. The molecule has 0 aromatic carbocycles. The molecule has 11 heavy (non-hydrogen) atoms. The van der Waals surface area contributed by atoms with E-state index in [9.17, 15) is 19.8 Å². The van der Waals surface area contributed by atoms with Crippen LogP contribution in [0.5, 0.6) is 0 Å². The zero-order chi connectivity index (χ0) is 8.57. The predicted molar refractivity (Wildman–Crippen MR) is 30.2 cm³/mol. The number of rotatable bonds is 2. The molecule has 0 aromatic rings. The number of carbonyl (C=O) groups excluding carboxylic acids is 2. The molecular weight excluding hydrogens is 200 g/mol. The predicted octanol–water partition coefficient (Wildman–Crippen LogP) is -2.12. The monoisotopic (exact) mass is 206 g/mol. The molecule has 0 rings (SSSR count). The first kappa shape index (κ1) is 16.7. The average Bonchev–Trinajstić information content (AvgIpc) is 1.89. The fourth-order valence-electron chi connectivity index (χ4n) is 0.136. The molecule has 1 radical (unpaired) electrons. The van der Waals surface area contributed by atoms with Crippen molar-refractivity contribution in [2.45, 2.75) is 6.92 Å². The van der Waals surface area contributed by atoms with Gasteiger partial charge in [-0.3, -0.25) is 0 Å². The summed E-state index contributed by atoms with van der Waals surface area (Å²) in [6.45, 7) is 5.00. The average molecular weight is 207 g/mol. The summed E-state index contributed by atoms with van der Waals surface area (Å²) in [6, 6.07) is 0. The van der Waals surface area contributed by atoms with Gasteiger partial charge in [0.25, 0.3) is 0 Å². The Balaban J connectivity index is -0.000000196. The van der Waals surface area contributed by atoms with Gasteiger partial charge >= 0.3 is 17.1 Å². The van der Waals surface area contributed by atoms with Gasteiger partial charge in [0.1, 0.15) is 0 Å². The van der Waals surface area contributed by atoms with E-state index < -0.39 is 11.9 Å². The summed E-state index contributed by atoms with van der Waals surface area (Å²) < 4.78 is 0. The maximum absolute atomic E-state index is 9.41. The number of carboxylic acid groups (broad SMARTS) is 2. The Hall–Kier alpha value is -0.801. The summed E-state index contributed by atoms with van der Waals surface area (Å²) in [5, 5.41) is 18.8. The van der Waals surface area contributed by atoms with Crippen LogP contribution in [0.1, 0.15) is 6.92 Å². The van der Waals surface area contributed by atoms with Crippen molar-refractivity contribution in [1.29, 1.82) is 0 Å². The molecule has 4 nitrogen and oxygen atoms in total. The summed E-state index contributed by atoms with van der Waals surface area (Å²) in [6.07, 6.45) is 0.769. The van der Waals surface area contributed by atoms with Crippen molar-refractivity contribution in [2.24, 2.45) is 0 Å². The quantitative estimate of drug-likeness (QED) is 0.294. The molecule has 0 aliphatic carbocycles. The van der Waals surface area contributed by atoms with Crippen molar-refractivity contribution >= 4 is 11.9 Å². The maximum Gasteiger partial charge on any atom is 2.00 e. The van der Waals surface area contributed by atoms with Crippen LogP contribution in [-0.4, -0.2) is 11.9 Å². The van der Waals surface area contributed by atoms with Gasteiger partial charge in [0.05, 0.1) is 11.9 Å². The zero-order valence-corrected chi connectivity index (χ0v) is 6.74. The molecule has 0 aliphatic heterocycles. The Morgan fingerprint density at radius 3 is 1.36 bits per heavy atom. The van der Waals surface area contributed by atoms with E-state index in [4.69, 9.17) is 0 Å². The van der Waals surface area contributed by atoms with E-state index in [0.29, 0.717) is 12.2 Å². The summed E-state index contributed by atoms with van der Waals surface area (Å²) in [5.74, 6) is -3.09. The summed E-state index contributed by atoms with van der Waals surface area (Å²) in [5.41, 5.74) is 0. The van der Waals surface area contributed by atoms with E-state index in [1.807, 2.05) is 0 Å². The van der Waals surface area contributed by atoms with Crippen LogP contribution in [0.2, 0.25) is 0 Å². The van der Waals surface area contributed by atoms with Crippen LogP contribution in [0.4, 0.5) is 0 Å². The number of carboxylic acids is 2. The van der Waals surface area contributed by atoms with Gasteiger partial charge in [-0.1, -0.05) is 0 Å². The van der Waals surface area contributed by atoms with Gasteiger partial charge < -0.3 is 26.7 Å². The van der Waals surface area contributed by atoms with Crippen LogP contribution < -0.4 is 10.2 Å². The standard InChI is InChI=1S/C4H4O4.C2H5.Cu/c5-3(6)1-2-4(7)8;1-2;/h1-2H,(H,5,6)(H,7,8);1H2,2H3;/q;-1;+2/p-2/b2-1+;;. The molecule has 0 amide bonds. The zero-order valence-electron chi connectivity index (χ0n) is 5.80. The Labute approximate surface area is 75.4 Å². The van der Waals surface area contributed by atoms with Gasteiger partial charge in [-0.15, -0.1) is 0 Å². The van der Waals surface area contributed by atoms with Gasteiger partial charge in [0, 0.05) is 0 Å². The van der Waals surface area contributed by atoms with Crippen molar-refractivity contribution in [3.8, 4) is 0 Å². The molecule has 0 unspecified atom stereocenters. The van der Waals surface area contributed by atoms with Crippen LogP contribution in [-0.2, 0) is 26.7 Å². The van der Waals surface area contributed by atoms with Crippen LogP contribution in [0.15, 0.2) is 12.2 Å². The van der Waals surface area contributed by atoms with Gasteiger partial charge in [-0.25, -0.2) is 0 Å². The minimum atomic E-state index is -1.55. The van der Waals surface area contributed by atoms with Gasteiger partial charge in [0.2, 0.25) is 0 Å². The number of aliphatic carboxylic acids is 2. The third kappa shape index (κ3) is 27.0. The first-order valence-corrected chi connectivity index (χ1v) is 2.43. The molecule has 0 bridgehead atoms. The second-order valence-corrected chi connectivity index (χ2v) is 0.971. The van der Waals surface area contributed by atoms with E-state index in [-0.39, 0.29) is 17.1 Å². The Morgan fingerprint density at radius 1 is 1.09 bits per heavy atom. The molecule has 0 atom stereocenters. The Morgan fingerprint density at radius 2 is 1.27 bits per heavy atom. The molecule has 5 heteroatoms. The Kier molecular flexibility index (Phi) is 18.1. The second-order valence-electron chi connectivity index (χ2n) is 0.971. The second kappa shape index (κ2) is 11.9. The largest absolute Gasteiger partial charge is 2.00 e. The van der Waals surface area contributed by atoms with Crippen molar-refractivity contribution < 1.29 is 36.9 Å². The normalized spacial score (nSPS) is 7.45. The fourth-order valence-corrected chi connectivity index (χ4v) is 0.136. The van der Waals surface area contributed by atoms with E-state index in [1.54, 1.807) is 6.92 Å². The van der Waals surface area contributed by atoms with E-state index in [0.717, 1.165) is 0 Å². The van der Waals surface area contributed by atoms with Crippen molar-refractivity contribution in [1.82, 2.24) is 0 Å². The topological polar surface area (TPSA) is 80.3 Å². The van der Waals surface area contributed by atoms with Gasteiger partial charge in [0.15, 0.2) is 0 Å². The Bertz CT molecular complexity index is 126. The van der Waals surface area contributed by atoms with Gasteiger partial charge in [-0.2, -0.15) is 6.92 Å². The van der Waals surface area contributed by atoms with Crippen LogP contribution in [0.3, 0.4) is 0 Å². The molecule has 0 aliphatic rings. The van der Waals surface area contributed by atoms with Crippen molar-refractivity contribution in [3.63, 3.8) is 0 Å². The molecule has 67 valence electrons. The minimum absolute atomic E-state index is 0. The molecule has 0 N–H and O–H groups in total. The van der Waals surface area contributed by atoms with Crippen LogP contribution in [0, 0.1) is 6.92 Å². The molecule has 0 fully saturated rings. The summed E-state index contributed by atoms with van der Waals surface area (Å²) >= 11 is 0. The number of hydrogen-bond acceptors (Lipinski definition) is 4. The van der Waals surface area contributed by atoms with E-state index in [2.05, 4.69) is 6.92 Å². The smallest absolute Gasteiger partial charge is 0.545 e. The first-order valence-electron chi connectivity index (χ1n) is 2.43. The van der Waals surface area contributed by atoms with Crippen LogP contribution in [0.25, 0.3) is 0 Å². The maximum atomic E-state index is 9.41. The molecule has 0 saturated heterocycles. The van der Waals surface area contributed by atoms with E-state index in [1.165, 1.54) is 0 Å². The van der Waals surface area contributed by atoms with Crippen molar-refractivity contribution in [2.75, 3.05) is 0 Å². The molecule has 0 saturated carbocycles. The van der Waals surface area contributed by atoms with Crippen LogP contribution >= 0.6 is 0 Å². The molecule has 0 spiro atoms. The first-order chi connectivity index (χ1) is 4.63. The minimum Gasteiger partial charge on any atom is -0.545 e. The summed E-state index contributed by atoms with van der Waals surface area (Å²) in [4.78, 5) is 18.8. The molecule has 0 aromatic heterocycles. The van der Waals surface area contributed by atoms with Gasteiger partial charge in [-0.05, 0) is 12.2 Å². The van der Waals surface area contributed by atoms with E-state index >= 15 is 0 Å². The fraction of sp³-hybridized carbons (Fsp3) is 0.167. The SMILES string of the molecule is O=C([O-])/C=C/C(=O)[O-].[CH2-]C.[Cu+2]. The molecule has 0 heterocycles. The number of carbonyl (C=O) groups is 2. The third-order valence-corrected chi connectivity index (χ3v) is 0.355.